The van der Waals surface area contributed by atoms with Crippen LogP contribution >= 0.6 is 0 Å². The molecule has 1 atom stereocenters. The summed E-state index contributed by atoms with van der Waals surface area (Å²) in [6, 6.07) is 16.8. The lowest BCUT2D eigenvalue weighted by atomic mass is 9.86. The van der Waals surface area contributed by atoms with Gasteiger partial charge in [0.25, 0.3) is 0 Å². The third kappa shape index (κ3) is 1.42. The summed E-state index contributed by atoms with van der Waals surface area (Å²) >= 11 is 0. The number of benzene rings is 2. The Morgan fingerprint density at radius 2 is 1.41 bits per heavy atom. The van der Waals surface area contributed by atoms with Crippen molar-refractivity contribution < 1.29 is 4.79 Å². The number of carbonyl (C=O) groups is 1. The van der Waals surface area contributed by atoms with E-state index in [1.165, 1.54) is 22.3 Å². The molecule has 3 rings (SSSR count). The summed E-state index contributed by atoms with van der Waals surface area (Å²) in [6.45, 7) is 2.00. The number of hydrogen-bond acceptors (Lipinski definition) is 1. The molecule has 0 aromatic heterocycles. The Morgan fingerprint density at radius 3 is 1.88 bits per heavy atom. The monoisotopic (exact) mass is 222 g/mol. The number of aldehydes is 1. The van der Waals surface area contributed by atoms with Crippen LogP contribution in [0.25, 0.3) is 11.1 Å². The lowest BCUT2D eigenvalue weighted by molar-refractivity contribution is -0.110. The van der Waals surface area contributed by atoms with Gasteiger partial charge in [0, 0.05) is 11.8 Å². The zero-order chi connectivity index (χ0) is 11.8. The molecule has 2 aromatic rings. The molecule has 0 saturated carbocycles. The summed E-state index contributed by atoms with van der Waals surface area (Å²) in [5.41, 5.74) is 5.13. The Labute approximate surface area is 101 Å². The van der Waals surface area contributed by atoms with Crippen molar-refractivity contribution in [3.63, 3.8) is 0 Å². The van der Waals surface area contributed by atoms with Crippen LogP contribution in [0.15, 0.2) is 48.5 Å². The molecule has 0 spiro atoms. The van der Waals surface area contributed by atoms with Gasteiger partial charge in [-0.25, -0.2) is 0 Å². The van der Waals surface area contributed by atoms with E-state index < -0.39 is 0 Å². The third-order valence-corrected chi connectivity index (χ3v) is 3.62. The molecule has 84 valence electrons. The summed E-state index contributed by atoms with van der Waals surface area (Å²) in [6.07, 6.45) is 1.06. The fourth-order valence-electron chi connectivity index (χ4n) is 2.84. The van der Waals surface area contributed by atoms with Crippen molar-refractivity contribution in [1.29, 1.82) is 0 Å². The van der Waals surface area contributed by atoms with Gasteiger partial charge in [0.05, 0.1) is 0 Å². The minimum atomic E-state index is 0.0276. The molecule has 1 aliphatic rings. The van der Waals surface area contributed by atoms with E-state index in [4.69, 9.17) is 0 Å². The van der Waals surface area contributed by atoms with Crippen LogP contribution in [0.1, 0.15) is 24.0 Å². The third-order valence-electron chi connectivity index (χ3n) is 3.62. The largest absolute Gasteiger partial charge is 0.303 e. The van der Waals surface area contributed by atoms with Crippen molar-refractivity contribution in [3.8, 4) is 11.1 Å². The molecule has 1 aliphatic carbocycles. The van der Waals surface area contributed by atoms with Gasteiger partial charge >= 0.3 is 0 Å². The summed E-state index contributed by atoms with van der Waals surface area (Å²) in [5.74, 6) is 0.250. The topological polar surface area (TPSA) is 17.1 Å². The van der Waals surface area contributed by atoms with Gasteiger partial charge in [-0.15, -0.1) is 0 Å². The van der Waals surface area contributed by atoms with Gasteiger partial charge in [-0.1, -0.05) is 55.5 Å². The highest BCUT2D eigenvalue weighted by atomic mass is 16.1. The average Bonchev–Trinajstić information content (AvgIpc) is 2.72. The molecule has 0 N–H and O–H groups in total. The second-order valence-electron chi connectivity index (χ2n) is 4.65. The van der Waals surface area contributed by atoms with Crippen LogP contribution in [0.4, 0.5) is 0 Å². The van der Waals surface area contributed by atoms with Gasteiger partial charge in [-0.3, -0.25) is 0 Å². The predicted octanol–water partition coefficient (Wildman–Crippen LogP) is 3.63. The molecule has 1 heteroatoms. The minimum Gasteiger partial charge on any atom is -0.303 e. The number of carbonyl (C=O) groups excluding carboxylic acids is 1. The lowest BCUT2D eigenvalue weighted by Crippen LogP contribution is -2.09. The van der Waals surface area contributed by atoms with Crippen molar-refractivity contribution in [3.05, 3.63) is 59.7 Å². The van der Waals surface area contributed by atoms with Gasteiger partial charge in [0.15, 0.2) is 0 Å². The SMILES string of the molecule is CC(C=O)C1c2ccccc2-c2ccccc21. The van der Waals surface area contributed by atoms with E-state index >= 15 is 0 Å². The van der Waals surface area contributed by atoms with Gasteiger partial charge in [-0.2, -0.15) is 0 Å². The van der Waals surface area contributed by atoms with Gasteiger partial charge in [-0.05, 0) is 22.3 Å². The van der Waals surface area contributed by atoms with Gasteiger partial charge in [0.2, 0.25) is 0 Å². The van der Waals surface area contributed by atoms with Crippen LogP contribution in [-0.4, -0.2) is 6.29 Å². The molecule has 1 unspecified atom stereocenters. The van der Waals surface area contributed by atoms with E-state index in [9.17, 15) is 4.79 Å². The van der Waals surface area contributed by atoms with Crippen LogP contribution in [0.2, 0.25) is 0 Å². The summed E-state index contributed by atoms with van der Waals surface area (Å²) in [5, 5.41) is 0. The highest BCUT2D eigenvalue weighted by Crippen LogP contribution is 2.47. The molecule has 0 fully saturated rings. The molecular formula is C16H14O. The Bertz CT molecular complexity index is 526. The van der Waals surface area contributed by atoms with E-state index in [1.54, 1.807) is 0 Å². The zero-order valence-corrected chi connectivity index (χ0v) is 9.76. The van der Waals surface area contributed by atoms with E-state index in [1.807, 2.05) is 6.92 Å². The highest BCUT2D eigenvalue weighted by molar-refractivity contribution is 5.80. The maximum Gasteiger partial charge on any atom is 0.123 e. The molecule has 17 heavy (non-hydrogen) atoms. The molecule has 0 radical (unpaired) electrons. The van der Waals surface area contributed by atoms with Crippen LogP contribution in [-0.2, 0) is 4.79 Å². The standard InChI is InChI=1S/C16H14O/c1-11(10-17)16-14-8-4-2-6-12(14)13-7-3-5-9-15(13)16/h2-11,16H,1H3. The Kier molecular flexibility index (Phi) is 2.32. The second-order valence-corrected chi connectivity index (χ2v) is 4.65. The molecule has 2 aromatic carbocycles. The first-order valence-corrected chi connectivity index (χ1v) is 5.96. The van der Waals surface area contributed by atoms with Gasteiger partial charge in [0.1, 0.15) is 6.29 Å². The number of fused-ring (bicyclic) bond motifs is 3. The smallest absolute Gasteiger partial charge is 0.123 e. The van der Waals surface area contributed by atoms with Crippen molar-refractivity contribution in [2.24, 2.45) is 5.92 Å². The zero-order valence-electron chi connectivity index (χ0n) is 9.76. The first-order valence-electron chi connectivity index (χ1n) is 5.96. The summed E-state index contributed by atoms with van der Waals surface area (Å²) in [7, 11) is 0. The van der Waals surface area contributed by atoms with Crippen molar-refractivity contribution in [2.45, 2.75) is 12.8 Å². The van der Waals surface area contributed by atoms with E-state index in [-0.39, 0.29) is 11.8 Å². The quantitative estimate of drug-likeness (QED) is 0.709. The van der Waals surface area contributed by atoms with Crippen molar-refractivity contribution >= 4 is 6.29 Å². The number of rotatable bonds is 2. The normalized spacial score (nSPS) is 15.1. The summed E-state index contributed by atoms with van der Waals surface area (Å²) < 4.78 is 0. The van der Waals surface area contributed by atoms with Crippen LogP contribution in [0, 0.1) is 5.92 Å². The molecule has 0 amide bonds. The Morgan fingerprint density at radius 1 is 0.941 bits per heavy atom. The molecular weight excluding hydrogens is 208 g/mol. The lowest BCUT2D eigenvalue weighted by Gasteiger charge is -2.16. The molecule has 0 aliphatic heterocycles. The Hall–Kier alpha value is -1.89. The molecule has 1 nitrogen and oxygen atoms in total. The fraction of sp³-hybridized carbons (Fsp3) is 0.188. The summed E-state index contributed by atoms with van der Waals surface area (Å²) in [4.78, 5) is 11.1. The van der Waals surface area contributed by atoms with E-state index in [0.29, 0.717) is 0 Å². The first-order chi connectivity index (χ1) is 8.33. The molecule has 0 bridgehead atoms. The van der Waals surface area contributed by atoms with Gasteiger partial charge < -0.3 is 4.79 Å². The fourth-order valence-corrected chi connectivity index (χ4v) is 2.84. The number of hydrogen-bond donors (Lipinski definition) is 0. The minimum absolute atomic E-state index is 0.0276. The average molecular weight is 222 g/mol. The maximum absolute atomic E-state index is 11.1. The van der Waals surface area contributed by atoms with Crippen LogP contribution in [0.5, 0.6) is 0 Å². The predicted molar refractivity (Wildman–Crippen MR) is 68.9 cm³/mol. The maximum atomic E-state index is 11.1. The van der Waals surface area contributed by atoms with Crippen LogP contribution in [0.3, 0.4) is 0 Å². The Balaban J connectivity index is 2.27. The molecule has 0 heterocycles. The van der Waals surface area contributed by atoms with Crippen molar-refractivity contribution in [2.75, 3.05) is 0 Å². The van der Waals surface area contributed by atoms with E-state index in [2.05, 4.69) is 48.5 Å². The van der Waals surface area contributed by atoms with E-state index in [0.717, 1.165) is 6.29 Å². The van der Waals surface area contributed by atoms with Crippen molar-refractivity contribution in [1.82, 2.24) is 0 Å². The first kappa shape index (κ1) is 10.3. The van der Waals surface area contributed by atoms with Crippen LogP contribution < -0.4 is 0 Å². The molecule has 0 saturated heterocycles. The highest BCUT2D eigenvalue weighted by Gasteiger charge is 2.31. The second kappa shape index (κ2) is 3.85.